The van der Waals surface area contributed by atoms with Crippen LogP contribution in [0.4, 0.5) is 24.5 Å². The smallest absolute Gasteiger partial charge is 0.279 e. The highest BCUT2D eigenvalue weighted by Gasteiger charge is 2.30. The first-order valence-electron chi connectivity index (χ1n) is 12.5. The van der Waals surface area contributed by atoms with E-state index < -0.39 is 29.4 Å². The molecule has 1 N–H and O–H groups in total. The predicted octanol–water partition coefficient (Wildman–Crippen LogP) is 5.52. The summed E-state index contributed by atoms with van der Waals surface area (Å²) in [6.07, 6.45) is -3.05. The maximum Gasteiger partial charge on any atom is 0.279 e. The summed E-state index contributed by atoms with van der Waals surface area (Å²) in [5.74, 6) is -1.31. The Labute approximate surface area is 227 Å². The van der Waals surface area contributed by atoms with E-state index in [1.165, 1.54) is 30.5 Å². The number of rotatable bonds is 5. The van der Waals surface area contributed by atoms with Crippen LogP contribution in [0.1, 0.15) is 36.3 Å². The normalized spacial score (nSPS) is 18.2. The summed E-state index contributed by atoms with van der Waals surface area (Å²) in [6.45, 7) is 5.28. The third kappa shape index (κ3) is 4.92. The Morgan fingerprint density at radius 3 is 2.49 bits per heavy atom. The van der Waals surface area contributed by atoms with Crippen LogP contribution in [0.5, 0.6) is 0 Å². The summed E-state index contributed by atoms with van der Waals surface area (Å²) < 4.78 is 45.3. The molecule has 1 aliphatic rings. The number of nitrogens with zero attached hydrogens (tertiary/aromatic N) is 4. The molecule has 0 radical (unpaired) electrons. The van der Waals surface area contributed by atoms with Gasteiger partial charge in [0.05, 0.1) is 38.4 Å². The molecule has 1 amide bonds. The molecule has 204 valence electrons. The zero-order valence-corrected chi connectivity index (χ0v) is 22.7. The van der Waals surface area contributed by atoms with Crippen LogP contribution in [-0.4, -0.2) is 52.6 Å². The number of nitrogens with one attached hydrogen (secondary N) is 1. The van der Waals surface area contributed by atoms with Crippen molar-refractivity contribution in [3.63, 3.8) is 0 Å². The highest BCUT2D eigenvalue weighted by molar-refractivity contribution is 7.16. The minimum Gasteiger partial charge on any atom is -0.367 e. The Hall–Kier alpha value is -3.70. The molecule has 0 spiro atoms. The average molecular weight is 556 g/mol. The van der Waals surface area contributed by atoms with E-state index in [1.807, 2.05) is 24.1 Å². The van der Waals surface area contributed by atoms with E-state index in [1.54, 1.807) is 11.6 Å². The summed E-state index contributed by atoms with van der Waals surface area (Å²) >= 11 is 1.43. The summed E-state index contributed by atoms with van der Waals surface area (Å²) in [5, 5.41) is 2.76. The van der Waals surface area contributed by atoms with Crippen LogP contribution in [0.15, 0.2) is 52.8 Å². The Bertz CT molecular complexity index is 1610. The molecule has 2 aromatic carbocycles. The fourth-order valence-electron chi connectivity index (χ4n) is 5.13. The van der Waals surface area contributed by atoms with Gasteiger partial charge in [-0.15, -0.1) is 11.3 Å². The number of benzene rings is 2. The minimum atomic E-state index is -3.05. The zero-order valence-electron chi connectivity index (χ0n) is 21.9. The van der Waals surface area contributed by atoms with Gasteiger partial charge in [-0.2, -0.15) is 0 Å². The summed E-state index contributed by atoms with van der Waals surface area (Å²) in [6, 6.07) is 10.9. The standard InChI is InChI=1S/C28H28F3N5O2S/c1-15-12-36(13-16(2)34(15)3)22-11-20(29)19(17-6-5-7-23-25(17)32-14-39-23)10-21(22)33-28(38)18-8-9-24(37)35(4)26(18)27(30)31/h5-11,14-16,27H,12-13H2,1-4H3,(H,33,38)/t15-,16+. The third-order valence-corrected chi connectivity index (χ3v) is 8.29. The molecular weight excluding hydrogens is 527 g/mol. The summed E-state index contributed by atoms with van der Waals surface area (Å²) in [7, 11) is 3.22. The molecule has 1 saturated heterocycles. The van der Waals surface area contributed by atoms with E-state index >= 15 is 4.39 Å². The maximum atomic E-state index is 15.8. The van der Waals surface area contributed by atoms with Crippen molar-refractivity contribution >= 4 is 38.8 Å². The Balaban J connectivity index is 1.64. The van der Waals surface area contributed by atoms with Crippen molar-refractivity contribution in [1.29, 1.82) is 0 Å². The van der Waals surface area contributed by atoms with Gasteiger partial charge in [-0.1, -0.05) is 12.1 Å². The highest BCUT2D eigenvalue weighted by atomic mass is 32.1. The molecule has 11 heteroatoms. The van der Waals surface area contributed by atoms with E-state index in [9.17, 15) is 18.4 Å². The topological polar surface area (TPSA) is 70.5 Å². The lowest BCUT2D eigenvalue weighted by atomic mass is 10.0. The van der Waals surface area contributed by atoms with Crippen molar-refractivity contribution in [2.75, 3.05) is 30.4 Å². The number of thiazole rings is 1. The highest BCUT2D eigenvalue weighted by Crippen LogP contribution is 2.39. The Kier molecular flexibility index (Phi) is 7.21. The molecule has 2 aromatic heterocycles. The number of aromatic nitrogens is 2. The van der Waals surface area contributed by atoms with Crippen LogP contribution < -0.4 is 15.8 Å². The number of alkyl halides is 2. The van der Waals surface area contributed by atoms with E-state index in [4.69, 9.17) is 0 Å². The molecule has 39 heavy (non-hydrogen) atoms. The van der Waals surface area contributed by atoms with Gasteiger partial charge >= 0.3 is 0 Å². The lowest BCUT2D eigenvalue weighted by molar-refractivity contribution is 0.100. The minimum absolute atomic E-state index is 0.151. The van der Waals surface area contributed by atoms with E-state index in [0.29, 0.717) is 29.9 Å². The lowest BCUT2D eigenvalue weighted by Gasteiger charge is -2.44. The third-order valence-electron chi connectivity index (χ3n) is 7.50. The summed E-state index contributed by atoms with van der Waals surface area (Å²) in [5.41, 5.74) is 2.17. The molecule has 0 bridgehead atoms. The van der Waals surface area contributed by atoms with Gasteiger partial charge in [0.15, 0.2) is 0 Å². The van der Waals surface area contributed by atoms with Crippen molar-refractivity contribution in [2.24, 2.45) is 7.05 Å². The number of fused-ring (bicyclic) bond motifs is 1. The summed E-state index contributed by atoms with van der Waals surface area (Å²) in [4.78, 5) is 34.0. The molecule has 0 saturated carbocycles. The van der Waals surface area contributed by atoms with Crippen molar-refractivity contribution in [3.05, 3.63) is 75.4 Å². The van der Waals surface area contributed by atoms with E-state index in [0.717, 1.165) is 21.4 Å². The molecule has 4 aromatic rings. The van der Waals surface area contributed by atoms with E-state index in [-0.39, 0.29) is 28.9 Å². The molecular formula is C28H28F3N5O2S. The Morgan fingerprint density at radius 2 is 1.79 bits per heavy atom. The van der Waals surface area contributed by atoms with Gasteiger partial charge in [-0.3, -0.25) is 14.5 Å². The average Bonchev–Trinajstić information content (AvgIpc) is 3.38. The number of anilines is 2. The molecule has 5 rings (SSSR count). The number of carbonyl (C=O) groups excluding carboxylic acids is 1. The lowest BCUT2D eigenvalue weighted by Crippen LogP contribution is -2.55. The van der Waals surface area contributed by atoms with Crippen LogP contribution >= 0.6 is 11.3 Å². The van der Waals surface area contributed by atoms with Crippen molar-refractivity contribution in [1.82, 2.24) is 14.5 Å². The number of pyridine rings is 1. The molecule has 7 nitrogen and oxygen atoms in total. The number of hydrogen-bond donors (Lipinski definition) is 1. The van der Waals surface area contributed by atoms with Crippen molar-refractivity contribution in [3.8, 4) is 11.1 Å². The monoisotopic (exact) mass is 555 g/mol. The second kappa shape index (κ2) is 10.5. The number of carbonyl (C=O) groups is 1. The van der Waals surface area contributed by atoms with Crippen LogP contribution in [0.25, 0.3) is 21.3 Å². The zero-order chi connectivity index (χ0) is 28.0. The molecule has 0 aliphatic carbocycles. The van der Waals surface area contributed by atoms with Gasteiger partial charge in [0, 0.05) is 49.4 Å². The van der Waals surface area contributed by atoms with E-state index in [2.05, 4.69) is 29.0 Å². The first-order chi connectivity index (χ1) is 18.6. The largest absolute Gasteiger partial charge is 0.367 e. The van der Waals surface area contributed by atoms with Crippen molar-refractivity contribution < 1.29 is 18.0 Å². The number of amides is 1. The quantitative estimate of drug-likeness (QED) is 0.351. The van der Waals surface area contributed by atoms with Gasteiger partial charge in [-0.25, -0.2) is 18.2 Å². The number of likely N-dealkylation sites (N-methyl/N-ethyl adjacent to an activating group) is 1. The SMILES string of the molecule is C[C@@H]1CN(c2cc(F)c(-c3cccc4scnc34)cc2NC(=O)c2ccc(=O)n(C)c2C(F)F)C[C@H](C)N1C. The molecule has 0 unspecified atom stereocenters. The second-order valence-electron chi connectivity index (χ2n) is 9.91. The van der Waals surface area contributed by atoms with Gasteiger partial charge < -0.3 is 14.8 Å². The fraction of sp³-hybridized carbons (Fsp3) is 0.321. The Morgan fingerprint density at radius 1 is 1.08 bits per heavy atom. The number of halogens is 3. The van der Waals surface area contributed by atoms with Crippen LogP contribution in [0, 0.1) is 5.82 Å². The molecule has 3 heterocycles. The first kappa shape index (κ1) is 26.9. The van der Waals surface area contributed by atoms with Gasteiger partial charge in [0.1, 0.15) is 5.82 Å². The van der Waals surface area contributed by atoms with Crippen LogP contribution in [0.2, 0.25) is 0 Å². The van der Waals surface area contributed by atoms with Gasteiger partial charge in [0.2, 0.25) is 0 Å². The molecule has 2 atom stereocenters. The molecule has 1 aliphatic heterocycles. The number of hydrogen-bond acceptors (Lipinski definition) is 6. The predicted molar refractivity (Wildman–Crippen MR) is 149 cm³/mol. The van der Waals surface area contributed by atoms with Gasteiger partial charge in [0.25, 0.3) is 17.9 Å². The number of para-hydroxylation sites is 1. The van der Waals surface area contributed by atoms with Crippen molar-refractivity contribution in [2.45, 2.75) is 32.4 Å². The first-order valence-corrected chi connectivity index (χ1v) is 13.4. The second-order valence-corrected chi connectivity index (χ2v) is 10.8. The fourth-order valence-corrected chi connectivity index (χ4v) is 5.84. The van der Waals surface area contributed by atoms with Crippen LogP contribution in [0.3, 0.4) is 0 Å². The molecule has 1 fully saturated rings. The van der Waals surface area contributed by atoms with Gasteiger partial charge in [-0.05, 0) is 45.2 Å². The maximum absolute atomic E-state index is 15.8. The number of piperazine rings is 1. The van der Waals surface area contributed by atoms with Crippen LogP contribution in [-0.2, 0) is 7.05 Å².